The number of rotatable bonds is 4. The quantitative estimate of drug-likeness (QED) is 0.421. The van der Waals surface area contributed by atoms with Gasteiger partial charge in [0, 0.05) is 30.0 Å². The predicted octanol–water partition coefficient (Wildman–Crippen LogP) is 1.97. The Morgan fingerprint density at radius 2 is 2.08 bits per heavy atom. The Morgan fingerprint density at radius 3 is 2.81 bits per heavy atom. The van der Waals surface area contributed by atoms with Crippen molar-refractivity contribution in [1.29, 1.82) is 5.41 Å². The average Bonchev–Trinajstić information content (AvgIpc) is 2.92. The number of hydrogen-bond donors (Lipinski definition) is 5. The number of allylic oxidation sites excluding steroid dienone is 1. The van der Waals surface area contributed by atoms with Crippen LogP contribution in [-0.2, 0) is 0 Å². The van der Waals surface area contributed by atoms with Crippen LogP contribution in [0, 0.1) is 5.41 Å². The molecule has 136 valence electrons. The van der Waals surface area contributed by atoms with Crippen LogP contribution in [0.25, 0.3) is 11.0 Å². The summed E-state index contributed by atoms with van der Waals surface area (Å²) in [5.74, 6) is 1.29. The average molecular weight is 352 g/mol. The van der Waals surface area contributed by atoms with Gasteiger partial charge in [-0.1, -0.05) is 0 Å². The van der Waals surface area contributed by atoms with Crippen molar-refractivity contribution in [2.75, 3.05) is 10.6 Å². The lowest BCUT2D eigenvalue weighted by Gasteiger charge is -2.29. The highest BCUT2D eigenvalue weighted by atomic mass is 15.2. The first-order valence-electron chi connectivity index (χ1n) is 9.01. The molecule has 26 heavy (non-hydrogen) atoms. The molecule has 0 amide bonds. The molecular formula is C18H24N8. The summed E-state index contributed by atoms with van der Waals surface area (Å²) < 4.78 is 0. The third-order valence-electron chi connectivity index (χ3n) is 4.90. The van der Waals surface area contributed by atoms with Crippen LogP contribution in [0.3, 0.4) is 0 Å². The second kappa shape index (κ2) is 6.87. The Kier molecular flexibility index (Phi) is 4.42. The van der Waals surface area contributed by atoms with E-state index < -0.39 is 0 Å². The van der Waals surface area contributed by atoms with Gasteiger partial charge in [0.05, 0.1) is 5.39 Å². The van der Waals surface area contributed by atoms with E-state index in [2.05, 4.69) is 30.9 Å². The number of nitrogens with zero attached hydrogens (tertiary/aromatic N) is 3. The van der Waals surface area contributed by atoms with E-state index in [1.807, 2.05) is 12.1 Å². The Bertz CT molecular complexity index is 845. The smallest absolute Gasteiger partial charge is 0.226 e. The number of pyridine rings is 1. The standard InChI is InChI=1S/C18H24N8/c1-10(19)7-15(20)24-17-14-3-2-6-21-16(14)25-18(26-17)23-13-8-11-4-5-12(9-13)22-11/h2-3,6-7,11-13,22H,4-5,8-9,19H2,1H3,(H3,20,21,23,24,25,26)/b10-7-/t11-,12+,13-. The van der Waals surface area contributed by atoms with E-state index in [4.69, 9.17) is 11.1 Å². The number of hydrogen-bond acceptors (Lipinski definition) is 7. The summed E-state index contributed by atoms with van der Waals surface area (Å²) in [6, 6.07) is 5.27. The molecular weight excluding hydrogens is 328 g/mol. The van der Waals surface area contributed by atoms with Crippen LogP contribution in [0.15, 0.2) is 30.1 Å². The van der Waals surface area contributed by atoms with Gasteiger partial charge in [-0.3, -0.25) is 5.41 Å². The summed E-state index contributed by atoms with van der Waals surface area (Å²) >= 11 is 0. The Balaban J connectivity index is 1.61. The summed E-state index contributed by atoms with van der Waals surface area (Å²) in [5, 5.41) is 18.9. The van der Waals surface area contributed by atoms with Crippen LogP contribution >= 0.6 is 0 Å². The first-order chi connectivity index (χ1) is 12.6. The summed E-state index contributed by atoms with van der Waals surface area (Å²) in [4.78, 5) is 13.5. The fourth-order valence-electron chi connectivity index (χ4n) is 3.87. The molecule has 2 aliphatic rings. The number of nitrogens with two attached hydrogens (primary N) is 1. The molecule has 3 atom stereocenters. The van der Waals surface area contributed by atoms with Gasteiger partial charge in [0.25, 0.3) is 0 Å². The number of anilines is 2. The van der Waals surface area contributed by atoms with E-state index >= 15 is 0 Å². The van der Waals surface area contributed by atoms with Crippen LogP contribution < -0.4 is 21.7 Å². The first kappa shape index (κ1) is 16.7. The summed E-state index contributed by atoms with van der Waals surface area (Å²) in [6.07, 6.45) is 7.92. The second-order valence-corrected chi connectivity index (χ2v) is 7.15. The van der Waals surface area contributed by atoms with E-state index in [1.54, 1.807) is 19.2 Å². The summed E-state index contributed by atoms with van der Waals surface area (Å²) in [6.45, 7) is 1.74. The highest BCUT2D eigenvalue weighted by Crippen LogP contribution is 2.29. The van der Waals surface area contributed by atoms with Gasteiger partial charge in [0.15, 0.2) is 5.65 Å². The zero-order chi connectivity index (χ0) is 18.1. The minimum Gasteiger partial charge on any atom is -0.402 e. The molecule has 2 bridgehead atoms. The van der Waals surface area contributed by atoms with Crippen LogP contribution in [-0.4, -0.2) is 38.9 Å². The minimum atomic E-state index is 0.180. The van der Waals surface area contributed by atoms with Gasteiger partial charge < -0.3 is 21.7 Å². The molecule has 0 spiro atoms. The molecule has 0 radical (unpaired) electrons. The number of piperidine rings is 1. The number of nitrogens with one attached hydrogen (secondary N) is 4. The predicted molar refractivity (Wildman–Crippen MR) is 103 cm³/mol. The highest BCUT2D eigenvalue weighted by Gasteiger charge is 2.33. The normalized spacial score (nSPS) is 25.3. The topological polar surface area (TPSA) is 125 Å². The van der Waals surface area contributed by atoms with E-state index in [9.17, 15) is 0 Å². The molecule has 8 heteroatoms. The van der Waals surface area contributed by atoms with Gasteiger partial charge in [0.2, 0.25) is 5.95 Å². The van der Waals surface area contributed by atoms with Gasteiger partial charge in [-0.25, -0.2) is 4.98 Å². The minimum absolute atomic E-state index is 0.180. The molecule has 8 nitrogen and oxygen atoms in total. The molecule has 6 N–H and O–H groups in total. The fraction of sp³-hybridized carbons (Fsp3) is 0.444. The van der Waals surface area contributed by atoms with Gasteiger partial charge in [-0.15, -0.1) is 0 Å². The van der Waals surface area contributed by atoms with Crippen molar-refractivity contribution in [3.63, 3.8) is 0 Å². The van der Waals surface area contributed by atoms with Crippen molar-refractivity contribution < 1.29 is 0 Å². The van der Waals surface area contributed by atoms with Crippen molar-refractivity contribution in [3.05, 3.63) is 30.1 Å². The third kappa shape index (κ3) is 3.60. The monoisotopic (exact) mass is 352 g/mol. The van der Waals surface area contributed by atoms with Crippen molar-refractivity contribution in [3.8, 4) is 0 Å². The fourth-order valence-corrected chi connectivity index (χ4v) is 3.87. The van der Waals surface area contributed by atoms with Crippen molar-refractivity contribution in [2.24, 2.45) is 5.73 Å². The zero-order valence-electron chi connectivity index (χ0n) is 14.8. The van der Waals surface area contributed by atoms with Crippen LogP contribution in [0.1, 0.15) is 32.6 Å². The zero-order valence-corrected chi connectivity index (χ0v) is 14.8. The lowest BCUT2D eigenvalue weighted by molar-refractivity contribution is 0.377. The van der Waals surface area contributed by atoms with Gasteiger partial charge >= 0.3 is 0 Å². The number of amidine groups is 1. The number of aromatic nitrogens is 3. The Labute approximate surface area is 152 Å². The number of fused-ring (bicyclic) bond motifs is 3. The van der Waals surface area contributed by atoms with Gasteiger partial charge in [-0.2, -0.15) is 9.97 Å². The van der Waals surface area contributed by atoms with Crippen molar-refractivity contribution in [2.45, 2.75) is 50.7 Å². The molecule has 4 rings (SSSR count). The van der Waals surface area contributed by atoms with Crippen LogP contribution in [0.5, 0.6) is 0 Å². The van der Waals surface area contributed by atoms with Crippen molar-refractivity contribution >= 4 is 28.6 Å². The van der Waals surface area contributed by atoms with E-state index in [-0.39, 0.29) is 5.84 Å². The van der Waals surface area contributed by atoms with E-state index in [0.29, 0.717) is 41.2 Å². The van der Waals surface area contributed by atoms with Crippen LogP contribution in [0.4, 0.5) is 11.8 Å². The third-order valence-corrected chi connectivity index (χ3v) is 4.90. The largest absolute Gasteiger partial charge is 0.402 e. The first-order valence-corrected chi connectivity index (χ1v) is 9.01. The molecule has 2 aliphatic heterocycles. The molecule has 0 unspecified atom stereocenters. The van der Waals surface area contributed by atoms with Crippen LogP contribution in [0.2, 0.25) is 0 Å². The molecule has 0 aromatic carbocycles. The maximum absolute atomic E-state index is 8.04. The molecule has 2 saturated heterocycles. The van der Waals surface area contributed by atoms with E-state index in [0.717, 1.165) is 18.2 Å². The summed E-state index contributed by atoms with van der Waals surface area (Å²) in [5.41, 5.74) is 6.82. The lowest BCUT2D eigenvalue weighted by Crippen LogP contribution is -2.43. The van der Waals surface area contributed by atoms with Gasteiger partial charge in [0.1, 0.15) is 11.7 Å². The molecule has 0 saturated carbocycles. The van der Waals surface area contributed by atoms with E-state index in [1.165, 1.54) is 12.8 Å². The molecule has 2 fully saturated rings. The molecule has 2 aromatic heterocycles. The molecule has 2 aromatic rings. The van der Waals surface area contributed by atoms with Gasteiger partial charge in [-0.05, 0) is 50.8 Å². The highest BCUT2D eigenvalue weighted by molar-refractivity contribution is 6.05. The Morgan fingerprint density at radius 1 is 1.31 bits per heavy atom. The second-order valence-electron chi connectivity index (χ2n) is 7.15. The Hall–Kier alpha value is -2.74. The molecule has 4 heterocycles. The van der Waals surface area contributed by atoms with Crippen molar-refractivity contribution in [1.82, 2.24) is 20.3 Å². The molecule has 0 aliphatic carbocycles. The maximum atomic E-state index is 8.04. The SMILES string of the molecule is C/C(N)=C/C(=N)Nc1nc(N[C@@H]2C[C@H]3CC[C@@H](C2)N3)nc2ncccc12. The summed E-state index contributed by atoms with van der Waals surface area (Å²) in [7, 11) is 0. The maximum Gasteiger partial charge on any atom is 0.226 e. The lowest BCUT2D eigenvalue weighted by atomic mass is 10.0.